The van der Waals surface area contributed by atoms with Crippen molar-refractivity contribution in [3.05, 3.63) is 23.7 Å². The van der Waals surface area contributed by atoms with E-state index < -0.39 is 0 Å². The molecule has 15 heavy (non-hydrogen) atoms. The summed E-state index contributed by atoms with van der Waals surface area (Å²) in [6.07, 6.45) is 5.92. The molecule has 3 rings (SSSR count). The van der Waals surface area contributed by atoms with Crippen molar-refractivity contribution in [3.8, 4) is 0 Å². The van der Waals surface area contributed by atoms with Crippen molar-refractivity contribution < 1.29 is 0 Å². The third-order valence-corrected chi connectivity index (χ3v) is 3.93. The number of rotatable bonds is 1. The highest BCUT2D eigenvalue weighted by molar-refractivity contribution is 7.17. The molecule has 78 valence electrons. The molecule has 1 aliphatic rings. The Labute approximate surface area is 93.6 Å². The van der Waals surface area contributed by atoms with Gasteiger partial charge in [-0.15, -0.1) is 11.3 Å². The second kappa shape index (κ2) is 3.81. The van der Waals surface area contributed by atoms with Crippen molar-refractivity contribution in [1.29, 1.82) is 0 Å². The highest BCUT2D eigenvalue weighted by Crippen LogP contribution is 2.30. The standard InChI is InChI=1S/C12H14N2S/c1-2-7-14(8-3-1)12-11-10(4-6-13-12)5-9-15-11/h4-6,9H,1-3,7-8H2. The van der Waals surface area contributed by atoms with Crippen LogP contribution in [-0.4, -0.2) is 18.1 Å². The summed E-state index contributed by atoms with van der Waals surface area (Å²) in [6.45, 7) is 2.34. The molecule has 0 amide bonds. The fraction of sp³-hybridized carbons (Fsp3) is 0.417. The van der Waals surface area contributed by atoms with Crippen LogP contribution in [0.15, 0.2) is 23.7 Å². The van der Waals surface area contributed by atoms with Gasteiger partial charge in [0.05, 0.1) is 4.70 Å². The van der Waals surface area contributed by atoms with Crippen LogP contribution in [0.4, 0.5) is 5.82 Å². The van der Waals surface area contributed by atoms with Crippen LogP contribution in [0.25, 0.3) is 10.1 Å². The third-order valence-electron chi connectivity index (χ3n) is 3.01. The summed E-state index contributed by atoms with van der Waals surface area (Å²) >= 11 is 1.80. The van der Waals surface area contributed by atoms with E-state index in [9.17, 15) is 0 Å². The van der Waals surface area contributed by atoms with Crippen LogP contribution in [0.2, 0.25) is 0 Å². The monoisotopic (exact) mass is 218 g/mol. The van der Waals surface area contributed by atoms with Gasteiger partial charge in [-0.05, 0) is 42.2 Å². The number of anilines is 1. The Bertz CT molecular complexity index is 457. The molecule has 2 aromatic heterocycles. The zero-order valence-corrected chi connectivity index (χ0v) is 9.46. The van der Waals surface area contributed by atoms with Gasteiger partial charge in [-0.25, -0.2) is 4.98 Å². The van der Waals surface area contributed by atoms with Gasteiger partial charge in [0, 0.05) is 19.3 Å². The molecule has 0 radical (unpaired) electrons. The molecule has 0 saturated carbocycles. The fourth-order valence-electron chi connectivity index (χ4n) is 2.21. The number of piperidine rings is 1. The molecule has 0 aliphatic carbocycles. The largest absolute Gasteiger partial charge is 0.355 e. The van der Waals surface area contributed by atoms with Crippen molar-refractivity contribution in [1.82, 2.24) is 4.98 Å². The van der Waals surface area contributed by atoms with E-state index in [1.54, 1.807) is 11.3 Å². The van der Waals surface area contributed by atoms with Crippen molar-refractivity contribution in [2.75, 3.05) is 18.0 Å². The van der Waals surface area contributed by atoms with Gasteiger partial charge in [-0.2, -0.15) is 0 Å². The smallest absolute Gasteiger partial charge is 0.146 e. The minimum atomic E-state index is 1.17. The van der Waals surface area contributed by atoms with E-state index in [4.69, 9.17) is 0 Å². The van der Waals surface area contributed by atoms with E-state index in [0.717, 1.165) is 0 Å². The van der Waals surface area contributed by atoms with Gasteiger partial charge in [-0.3, -0.25) is 0 Å². The lowest BCUT2D eigenvalue weighted by molar-refractivity contribution is 0.575. The van der Waals surface area contributed by atoms with Crippen LogP contribution in [0.1, 0.15) is 19.3 Å². The third kappa shape index (κ3) is 1.61. The molecule has 0 N–H and O–H groups in total. The topological polar surface area (TPSA) is 16.1 Å². The van der Waals surface area contributed by atoms with Gasteiger partial charge >= 0.3 is 0 Å². The number of hydrogen-bond donors (Lipinski definition) is 0. The summed E-state index contributed by atoms with van der Waals surface area (Å²) in [6, 6.07) is 4.27. The molecule has 3 heteroatoms. The van der Waals surface area contributed by atoms with E-state index in [0.29, 0.717) is 0 Å². The number of thiophene rings is 1. The van der Waals surface area contributed by atoms with E-state index in [1.165, 1.54) is 48.3 Å². The zero-order valence-electron chi connectivity index (χ0n) is 8.65. The first-order valence-corrected chi connectivity index (χ1v) is 6.40. The minimum absolute atomic E-state index is 1.17. The van der Waals surface area contributed by atoms with Crippen molar-refractivity contribution in [3.63, 3.8) is 0 Å². The maximum atomic E-state index is 4.54. The molecule has 0 unspecified atom stereocenters. The van der Waals surface area contributed by atoms with Crippen LogP contribution < -0.4 is 4.90 Å². The molecular weight excluding hydrogens is 204 g/mol. The zero-order chi connectivity index (χ0) is 10.1. The Morgan fingerprint density at radius 2 is 2.00 bits per heavy atom. The second-order valence-electron chi connectivity index (χ2n) is 4.02. The normalized spacial score (nSPS) is 17.2. The summed E-state index contributed by atoms with van der Waals surface area (Å²) < 4.78 is 1.35. The molecule has 0 atom stereocenters. The Kier molecular flexibility index (Phi) is 2.33. The summed E-state index contributed by atoms with van der Waals surface area (Å²) in [5.74, 6) is 1.20. The number of pyridine rings is 1. The van der Waals surface area contributed by atoms with Crippen LogP contribution in [0.5, 0.6) is 0 Å². The van der Waals surface area contributed by atoms with Crippen molar-refractivity contribution in [2.45, 2.75) is 19.3 Å². The lowest BCUT2D eigenvalue weighted by Gasteiger charge is -2.27. The molecule has 2 nitrogen and oxygen atoms in total. The highest BCUT2D eigenvalue weighted by atomic mass is 32.1. The van der Waals surface area contributed by atoms with E-state index in [2.05, 4.69) is 27.4 Å². The van der Waals surface area contributed by atoms with E-state index in [1.807, 2.05) is 6.20 Å². The highest BCUT2D eigenvalue weighted by Gasteiger charge is 2.14. The van der Waals surface area contributed by atoms with Gasteiger partial charge in [0.25, 0.3) is 0 Å². The maximum absolute atomic E-state index is 4.54. The molecule has 0 spiro atoms. The predicted octanol–water partition coefficient (Wildman–Crippen LogP) is 3.29. The van der Waals surface area contributed by atoms with Gasteiger partial charge in [0.15, 0.2) is 0 Å². The molecule has 1 fully saturated rings. The van der Waals surface area contributed by atoms with Crippen LogP contribution in [0, 0.1) is 0 Å². The SMILES string of the molecule is c1cc2ccsc2c(N2CCCCC2)n1. The molecule has 3 heterocycles. The summed E-state index contributed by atoms with van der Waals surface area (Å²) in [4.78, 5) is 6.97. The average molecular weight is 218 g/mol. The molecule has 1 saturated heterocycles. The van der Waals surface area contributed by atoms with Gasteiger partial charge < -0.3 is 4.90 Å². The van der Waals surface area contributed by atoms with E-state index in [-0.39, 0.29) is 0 Å². The Morgan fingerprint density at radius 1 is 1.13 bits per heavy atom. The molecule has 0 bridgehead atoms. The number of hydrogen-bond acceptors (Lipinski definition) is 3. The summed E-state index contributed by atoms with van der Waals surface area (Å²) in [7, 11) is 0. The lowest BCUT2D eigenvalue weighted by atomic mass is 10.1. The van der Waals surface area contributed by atoms with Crippen molar-refractivity contribution in [2.24, 2.45) is 0 Å². The number of nitrogens with zero attached hydrogens (tertiary/aromatic N) is 2. The Morgan fingerprint density at radius 3 is 2.87 bits per heavy atom. The van der Waals surface area contributed by atoms with Gasteiger partial charge in [-0.1, -0.05) is 0 Å². The van der Waals surface area contributed by atoms with Gasteiger partial charge in [0.1, 0.15) is 5.82 Å². The molecular formula is C12H14N2S. The summed E-state index contributed by atoms with van der Waals surface area (Å²) in [5.41, 5.74) is 0. The Balaban J connectivity index is 2.05. The summed E-state index contributed by atoms with van der Waals surface area (Å²) in [5, 5.41) is 3.48. The van der Waals surface area contributed by atoms with Crippen LogP contribution in [-0.2, 0) is 0 Å². The average Bonchev–Trinajstić information content (AvgIpc) is 2.78. The number of fused-ring (bicyclic) bond motifs is 1. The van der Waals surface area contributed by atoms with E-state index >= 15 is 0 Å². The second-order valence-corrected chi connectivity index (χ2v) is 4.94. The molecule has 2 aromatic rings. The first-order valence-electron chi connectivity index (χ1n) is 5.52. The predicted molar refractivity (Wildman–Crippen MR) is 65.7 cm³/mol. The fourth-order valence-corrected chi connectivity index (χ4v) is 3.12. The lowest BCUT2D eigenvalue weighted by Crippen LogP contribution is -2.30. The minimum Gasteiger partial charge on any atom is -0.355 e. The maximum Gasteiger partial charge on any atom is 0.146 e. The molecule has 0 aromatic carbocycles. The number of aromatic nitrogens is 1. The Hall–Kier alpha value is -1.09. The van der Waals surface area contributed by atoms with Crippen LogP contribution in [0.3, 0.4) is 0 Å². The molecule has 1 aliphatic heterocycles. The van der Waals surface area contributed by atoms with Crippen LogP contribution >= 0.6 is 11.3 Å². The quantitative estimate of drug-likeness (QED) is 0.730. The first kappa shape index (κ1) is 9.16. The van der Waals surface area contributed by atoms with Gasteiger partial charge in [0.2, 0.25) is 0 Å². The van der Waals surface area contributed by atoms with Crippen molar-refractivity contribution >= 4 is 27.2 Å². The first-order chi connectivity index (χ1) is 7.45.